The molecule has 1 aromatic rings. The van der Waals surface area contributed by atoms with Crippen LogP contribution in [0, 0.1) is 6.92 Å². The van der Waals surface area contributed by atoms with Gasteiger partial charge in [-0.2, -0.15) is 0 Å². The Bertz CT molecular complexity index is 460. The summed E-state index contributed by atoms with van der Waals surface area (Å²) in [4.78, 5) is 5.23. The first kappa shape index (κ1) is 12.5. The van der Waals surface area contributed by atoms with Crippen molar-refractivity contribution in [3.05, 3.63) is 17.5 Å². The number of rotatable bonds is 3. The molecule has 1 aliphatic rings. The number of hydrogen-bond acceptors (Lipinski definition) is 5. The second kappa shape index (κ2) is 5.16. The van der Waals surface area contributed by atoms with E-state index < -0.39 is 10.0 Å². The largest absolute Gasteiger partial charge is 0.361 e. The number of nitrogens with zero attached hydrogens (tertiary/aromatic N) is 2. The second-order valence-electron chi connectivity index (χ2n) is 4.11. The summed E-state index contributed by atoms with van der Waals surface area (Å²) < 4.78 is 30.0. The van der Waals surface area contributed by atoms with Crippen LogP contribution in [0.2, 0.25) is 0 Å². The van der Waals surface area contributed by atoms with Gasteiger partial charge in [0.15, 0.2) is 0 Å². The average molecular weight is 260 g/mol. The van der Waals surface area contributed by atoms with Crippen molar-refractivity contribution in [2.45, 2.75) is 31.9 Å². The maximum atomic E-state index is 12.0. The van der Waals surface area contributed by atoms with Crippen LogP contribution in [0.25, 0.3) is 0 Å². The van der Waals surface area contributed by atoms with Gasteiger partial charge in [0.1, 0.15) is 17.2 Å². The van der Waals surface area contributed by atoms with E-state index in [0.717, 1.165) is 23.7 Å². The number of aryl methyl sites for hydroxylation is 1. The van der Waals surface area contributed by atoms with E-state index in [1.54, 1.807) is 13.0 Å². The predicted octanol–water partition coefficient (Wildman–Crippen LogP) is 1.23. The van der Waals surface area contributed by atoms with Crippen molar-refractivity contribution in [1.82, 2.24) is 9.63 Å². The van der Waals surface area contributed by atoms with Crippen molar-refractivity contribution in [3.63, 3.8) is 0 Å². The van der Waals surface area contributed by atoms with Crippen LogP contribution in [0.4, 0.5) is 0 Å². The Kier molecular flexibility index (Phi) is 3.80. The molecular formula is C10H16N2O4S. The van der Waals surface area contributed by atoms with E-state index in [2.05, 4.69) is 5.16 Å². The smallest absolute Gasteiger partial charge is 0.241 e. The maximum absolute atomic E-state index is 12.0. The molecule has 7 heteroatoms. The molecule has 1 aromatic heterocycles. The van der Waals surface area contributed by atoms with Crippen molar-refractivity contribution in [2.75, 3.05) is 13.2 Å². The summed E-state index contributed by atoms with van der Waals surface area (Å²) in [5.41, 5.74) is 0.412. The molecule has 1 fully saturated rings. The topological polar surface area (TPSA) is 72.6 Å². The van der Waals surface area contributed by atoms with E-state index in [1.807, 2.05) is 0 Å². The van der Waals surface area contributed by atoms with Crippen LogP contribution in [0.1, 0.15) is 30.7 Å². The Morgan fingerprint density at radius 2 is 2.24 bits per heavy atom. The molecule has 0 unspecified atom stereocenters. The lowest BCUT2D eigenvalue weighted by molar-refractivity contribution is -0.0750. The highest BCUT2D eigenvalue weighted by Crippen LogP contribution is 2.15. The van der Waals surface area contributed by atoms with Gasteiger partial charge >= 0.3 is 0 Å². The van der Waals surface area contributed by atoms with Crippen LogP contribution < -0.4 is 0 Å². The third-order valence-corrected chi connectivity index (χ3v) is 4.11. The first-order valence-corrected chi connectivity index (χ1v) is 7.24. The highest BCUT2D eigenvalue weighted by Gasteiger charge is 2.25. The molecule has 17 heavy (non-hydrogen) atoms. The van der Waals surface area contributed by atoms with Gasteiger partial charge in [0.25, 0.3) is 0 Å². The van der Waals surface area contributed by atoms with Crippen molar-refractivity contribution < 1.29 is 17.8 Å². The third-order valence-electron chi connectivity index (χ3n) is 2.54. The first-order valence-electron chi connectivity index (χ1n) is 5.63. The fourth-order valence-electron chi connectivity index (χ4n) is 1.71. The van der Waals surface area contributed by atoms with Crippen molar-refractivity contribution in [3.8, 4) is 0 Å². The van der Waals surface area contributed by atoms with E-state index in [9.17, 15) is 8.42 Å². The molecule has 0 bridgehead atoms. The van der Waals surface area contributed by atoms with E-state index in [-0.39, 0.29) is 5.75 Å². The Morgan fingerprint density at radius 1 is 1.41 bits per heavy atom. The molecule has 2 rings (SSSR count). The zero-order valence-corrected chi connectivity index (χ0v) is 10.6. The van der Waals surface area contributed by atoms with Crippen molar-refractivity contribution >= 4 is 10.0 Å². The molecule has 1 aliphatic heterocycles. The Labute approximate surface area is 101 Å². The van der Waals surface area contributed by atoms with Gasteiger partial charge in [-0.25, -0.2) is 8.42 Å². The maximum Gasteiger partial charge on any atom is 0.241 e. The van der Waals surface area contributed by atoms with Crippen LogP contribution in [-0.4, -0.2) is 31.2 Å². The first-order chi connectivity index (χ1) is 8.08. The average Bonchev–Trinajstić information content (AvgIpc) is 2.56. The van der Waals surface area contributed by atoms with E-state index in [1.165, 1.54) is 0 Å². The molecule has 0 saturated carbocycles. The standard InChI is InChI=1S/C10H16N2O4S/c1-9-7-10(11-16-9)8-17(13,14)12-5-3-2-4-6-15-12/h7H,2-6,8H2,1H3. The number of hydroxylamine groups is 1. The molecule has 6 nitrogen and oxygen atoms in total. The fourth-order valence-corrected chi connectivity index (χ4v) is 3.01. The van der Waals surface area contributed by atoms with E-state index in [0.29, 0.717) is 24.6 Å². The van der Waals surface area contributed by atoms with Gasteiger partial charge in [-0.05, 0) is 26.2 Å². The molecule has 0 N–H and O–H groups in total. The molecule has 1 saturated heterocycles. The fraction of sp³-hybridized carbons (Fsp3) is 0.700. The van der Waals surface area contributed by atoms with Gasteiger partial charge in [-0.3, -0.25) is 4.84 Å². The number of aromatic nitrogens is 1. The van der Waals surface area contributed by atoms with Crippen LogP contribution in [-0.2, 0) is 20.6 Å². The van der Waals surface area contributed by atoms with Gasteiger partial charge in [-0.15, -0.1) is 0 Å². The molecule has 0 aliphatic carbocycles. The minimum Gasteiger partial charge on any atom is -0.361 e. The van der Waals surface area contributed by atoms with E-state index in [4.69, 9.17) is 9.36 Å². The summed E-state index contributed by atoms with van der Waals surface area (Å²) in [6.45, 7) is 2.60. The van der Waals surface area contributed by atoms with Crippen molar-refractivity contribution in [1.29, 1.82) is 0 Å². The van der Waals surface area contributed by atoms with Gasteiger partial charge in [-0.1, -0.05) is 9.63 Å². The normalized spacial score (nSPS) is 19.1. The summed E-state index contributed by atoms with van der Waals surface area (Å²) in [6, 6.07) is 1.62. The van der Waals surface area contributed by atoms with Crippen LogP contribution >= 0.6 is 0 Å². The van der Waals surface area contributed by atoms with Gasteiger partial charge in [0.05, 0.1) is 6.61 Å². The summed E-state index contributed by atoms with van der Waals surface area (Å²) in [5, 5.41) is 3.68. The van der Waals surface area contributed by atoms with Gasteiger partial charge < -0.3 is 4.52 Å². The molecule has 0 aromatic carbocycles. The van der Waals surface area contributed by atoms with Crippen LogP contribution in [0.5, 0.6) is 0 Å². The quantitative estimate of drug-likeness (QED) is 0.817. The lowest BCUT2D eigenvalue weighted by Gasteiger charge is -2.18. The van der Waals surface area contributed by atoms with Crippen LogP contribution in [0.3, 0.4) is 0 Å². The molecular weight excluding hydrogens is 244 g/mol. The molecule has 0 atom stereocenters. The van der Waals surface area contributed by atoms with Crippen LogP contribution in [0.15, 0.2) is 10.6 Å². The minimum absolute atomic E-state index is 0.176. The van der Waals surface area contributed by atoms with Crippen molar-refractivity contribution in [2.24, 2.45) is 0 Å². The van der Waals surface area contributed by atoms with Gasteiger partial charge in [0, 0.05) is 12.6 Å². The number of hydrogen-bond donors (Lipinski definition) is 0. The summed E-state index contributed by atoms with van der Waals surface area (Å²) in [5.74, 6) is 0.427. The van der Waals surface area contributed by atoms with Gasteiger partial charge in [0.2, 0.25) is 10.0 Å². The second-order valence-corrected chi connectivity index (χ2v) is 5.97. The zero-order valence-electron chi connectivity index (χ0n) is 9.76. The highest BCUT2D eigenvalue weighted by atomic mass is 32.2. The van der Waals surface area contributed by atoms with E-state index >= 15 is 0 Å². The zero-order chi connectivity index (χ0) is 12.3. The Balaban J connectivity index is 2.07. The molecule has 0 spiro atoms. The summed E-state index contributed by atoms with van der Waals surface area (Å²) in [7, 11) is -3.46. The summed E-state index contributed by atoms with van der Waals surface area (Å²) in [6.07, 6.45) is 2.72. The molecule has 0 amide bonds. The lowest BCUT2D eigenvalue weighted by atomic mass is 10.2. The Hall–Kier alpha value is -0.920. The monoisotopic (exact) mass is 260 g/mol. The number of sulfonamides is 1. The lowest BCUT2D eigenvalue weighted by Crippen LogP contribution is -2.32. The summed E-state index contributed by atoms with van der Waals surface area (Å²) >= 11 is 0. The third kappa shape index (κ3) is 3.27. The molecule has 96 valence electrons. The minimum atomic E-state index is -3.46. The molecule has 0 radical (unpaired) electrons. The SMILES string of the molecule is Cc1cc(CS(=O)(=O)N2CCCCCO2)no1. The Morgan fingerprint density at radius 3 is 2.94 bits per heavy atom. The predicted molar refractivity (Wildman–Crippen MR) is 60.4 cm³/mol. The molecule has 2 heterocycles. The highest BCUT2D eigenvalue weighted by molar-refractivity contribution is 7.88.